The van der Waals surface area contributed by atoms with Gasteiger partial charge in [-0.1, -0.05) is 36.4 Å². The lowest BCUT2D eigenvalue weighted by Gasteiger charge is -2.13. The molecule has 0 saturated heterocycles. The molecule has 3 aromatic rings. The molecule has 2 nitrogen and oxygen atoms in total. The molecule has 0 unspecified atom stereocenters. The molecule has 0 spiro atoms. The smallest absolute Gasteiger partial charge is 0.224 e. The summed E-state index contributed by atoms with van der Waals surface area (Å²) in [5.74, 6) is -4.14. The van der Waals surface area contributed by atoms with Crippen LogP contribution in [0.15, 0.2) is 60.7 Å². The van der Waals surface area contributed by atoms with E-state index < -0.39 is 29.2 Å². The van der Waals surface area contributed by atoms with Crippen LogP contribution in [0, 0.1) is 23.3 Å². The van der Waals surface area contributed by atoms with Crippen LogP contribution in [0.4, 0.5) is 23.2 Å². The SMILES string of the molecule is O=C(CCc1ccc(F)c(F)c1)Nc1c(F)cc(F)cc1-c1ccccc1. The molecule has 138 valence electrons. The largest absolute Gasteiger partial charge is 0.323 e. The standard InChI is InChI=1S/C21H15F4NO/c22-15-11-16(14-4-2-1-3-5-14)21(19(25)12-15)26-20(27)9-7-13-6-8-17(23)18(24)10-13/h1-6,8,10-12H,7,9H2,(H,26,27). The third-order valence-corrected chi connectivity index (χ3v) is 4.03. The summed E-state index contributed by atoms with van der Waals surface area (Å²) in [5.41, 5.74) is 1.07. The summed E-state index contributed by atoms with van der Waals surface area (Å²) in [7, 11) is 0. The van der Waals surface area contributed by atoms with Crippen LogP contribution in [0.25, 0.3) is 11.1 Å². The van der Waals surface area contributed by atoms with E-state index in [1.807, 2.05) is 0 Å². The summed E-state index contributed by atoms with van der Waals surface area (Å²) in [4.78, 5) is 12.2. The molecule has 0 aliphatic rings. The van der Waals surface area contributed by atoms with Crippen LogP contribution in [0.1, 0.15) is 12.0 Å². The first kappa shape index (κ1) is 18.6. The van der Waals surface area contributed by atoms with Crippen molar-refractivity contribution in [3.63, 3.8) is 0 Å². The number of amides is 1. The van der Waals surface area contributed by atoms with Gasteiger partial charge < -0.3 is 5.32 Å². The van der Waals surface area contributed by atoms with E-state index in [1.165, 1.54) is 6.07 Å². The van der Waals surface area contributed by atoms with Gasteiger partial charge in [-0.2, -0.15) is 0 Å². The summed E-state index contributed by atoms with van der Waals surface area (Å²) in [6, 6.07) is 13.7. The van der Waals surface area contributed by atoms with Crippen LogP contribution in [-0.2, 0) is 11.2 Å². The van der Waals surface area contributed by atoms with Crippen LogP contribution in [0.3, 0.4) is 0 Å². The predicted molar refractivity (Wildman–Crippen MR) is 95.1 cm³/mol. The molecule has 0 saturated carbocycles. The van der Waals surface area contributed by atoms with E-state index in [4.69, 9.17) is 0 Å². The Kier molecular flexibility index (Phi) is 5.54. The molecule has 0 bridgehead atoms. The Balaban J connectivity index is 1.78. The number of carbonyl (C=O) groups excluding carboxylic acids is 1. The zero-order valence-electron chi connectivity index (χ0n) is 14.1. The third-order valence-electron chi connectivity index (χ3n) is 4.03. The number of hydrogen-bond acceptors (Lipinski definition) is 1. The summed E-state index contributed by atoms with van der Waals surface area (Å²) < 4.78 is 54.1. The fraction of sp³-hybridized carbons (Fsp3) is 0.0952. The molecule has 3 rings (SSSR count). The summed E-state index contributed by atoms with van der Waals surface area (Å²) >= 11 is 0. The molecule has 0 radical (unpaired) electrons. The minimum atomic E-state index is -0.996. The summed E-state index contributed by atoms with van der Waals surface area (Å²) in [6.45, 7) is 0. The Morgan fingerprint density at radius 1 is 0.815 bits per heavy atom. The minimum Gasteiger partial charge on any atom is -0.323 e. The average Bonchev–Trinajstić information content (AvgIpc) is 2.65. The first-order valence-corrected chi connectivity index (χ1v) is 8.22. The molecule has 0 atom stereocenters. The monoisotopic (exact) mass is 373 g/mol. The summed E-state index contributed by atoms with van der Waals surface area (Å²) in [6.07, 6.45) is 0.0721. The first-order valence-electron chi connectivity index (χ1n) is 8.22. The topological polar surface area (TPSA) is 29.1 Å². The molecular formula is C21H15F4NO. The maximum atomic E-state index is 14.3. The van der Waals surface area contributed by atoms with Crippen LogP contribution >= 0.6 is 0 Å². The van der Waals surface area contributed by atoms with E-state index in [0.29, 0.717) is 17.2 Å². The molecule has 3 aromatic carbocycles. The molecule has 0 fully saturated rings. The number of benzene rings is 3. The van der Waals surface area contributed by atoms with Crippen molar-refractivity contribution >= 4 is 11.6 Å². The number of rotatable bonds is 5. The zero-order chi connectivity index (χ0) is 19.4. The molecule has 6 heteroatoms. The van der Waals surface area contributed by atoms with E-state index in [-0.39, 0.29) is 24.1 Å². The molecule has 0 aliphatic carbocycles. The van der Waals surface area contributed by atoms with Crippen LogP contribution in [-0.4, -0.2) is 5.91 Å². The highest BCUT2D eigenvalue weighted by molar-refractivity contribution is 5.95. The Morgan fingerprint density at radius 2 is 1.56 bits per heavy atom. The van der Waals surface area contributed by atoms with Crippen molar-refractivity contribution in [2.45, 2.75) is 12.8 Å². The van der Waals surface area contributed by atoms with Gasteiger partial charge in [0.2, 0.25) is 5.91 Å². The number of anilines is 1. The number of carbonyl (C=O) groups is 1. The van der Waals surface area contributed by atoms with Crippen molar-refractivity contribution < 1.29 is 22.4 Å². The van der Waals surface area contributed by atoms with E-state index in [1.54, 1.807) is 30.3 Å². The molecule has 1 amide bonds. The molecule has 1 N–H and O–H groups in total. The van der Waals surface area contributed by atoms with Crippen LogP contribution < -0.4 is 5.32 Å². The van der Waals surface area contributed by atoms with Crippen molar-refractivity contribution in [1.29, 1.82) is 0 Å². The number of aryl methyl sites for hydroxylation is 1. The molecular weight excluding hydrogens is 358 g/mol. The van der Waals surface area contributed by atoms with Gasteiger partial charge in [-0.15, -0.1) is 0 Å². The van der Waals surface area contributed by atoms with Gasteiger partial charge in [0.05, 0.1) is 5.69 Å². The van der Waals surface area contributed by atoms with Gasteiger partial charge in [0.15, 0.2) is 11.6 Å². The number of nitrogens with one attached hydrogen (secondary N) is 1. The lowest BCUT2D eigenvalue weighted by Crippen LogP contribution is -2.14. The second kappa shape index (κ2) is 8.03. The van der Waals surface area contributed by atoms with E-state index in [0.717, 1.165) is 18.2 Å². The van der Waals surface area contributed by atoms with Gasteiger partial charge in [-0.25, -0.2) is 17.6 Å². The Hall–Kier alpha value is -3.15. The lowest BCUT2D eigenvalue weighted by atomic mass is 10.0. The maximum absolute atomic E-state index is 14.3. The van der Waals surface area contributed by atoms with E-state index in [9.17, 15) is 22.4 Å². The van der Waals surface area contributed by atoms with E-state index in [2.05, 4.69) is 5.32 Å². The van der Waals surface area contributed by atoms with Crippen molar-refractivity contribution in [1.82, 2.24) is 0 Å². The second-order valence-corrected chi connectivity index (χ2v) is 5.97. The van der Waals surface area contributed by atoms with Gasteiger partial charge in [-0.3, -0.25) is 4.79 Å². The van der Waals surface area contributed by atoms with Gasteiger partial charge in [0.25, 0.3) is 0 Å². The normalized spacial score (nSPS) is 10.7. The molecule has 27 heavy (non-hydrogen) atoms. The summed E-state index contributed by atoms with van der Waals surface area (Å²) in [5, 5.41) is 2.45. The highest BCUT2D eigenvalue weighted by Gasteiger charge is 2.16. The van der Waals surface area contributed by atoms with Gasteiger partial charge in [0, 0.05) is 18.1 Å². The van der Waals surface area contributed by atoms with Crippen LogP contribution in [0.5, 0.6) is 0 Å². The fourth-order valence-corrected chi connectivity index (χ4v) is 2.70. The van der Waals surface area contributed by atoms with Crippen molar-refractivity contribution in [2.24, 2.45) is 0 Å². The maximum Gasteiger partial charge on any atom is 0.224 e. The predicted octanol–water partition coefficient (Wildman–Crippen LogP) is 5.48. The van der Waals surface area contributed by atoms with Crippen molar-refractivity contribution in [3.8, 4) is 11.1 Å². The third kappa shape index (κ3) is 4.53. The van der Waals surface area contributed by atoms with Gasteiger partial charge >= 0.3 is 0 Å². The number of hydrogen-bond donors (Lipinski definition) is 1. The van der Waals surface area contributed by atoms with E-state index >= 15 is 0 Å². The highest BCUT2D eigenvalue weighted by atomic mass is 19.2. The quantitative estimate of drug-likeness (QED) is 0.590. The minimum absolute atomic E-state index is 0.0733. The van der Waals surface area contributed by atoms with Crippen molar-refractivity contribution in [3.05, 3.63) is 89.5 Å². The number of halogens is 4. The van der Waals surface area contributed by atoms with Gasteiger partial charge in [0.1, 0.15) is 11.6 Å². The lowest BCUT2D eigenvalue weighted by molar-refractivity contribution is -0.116. The Bertz CT molecular complexity index is 973. The molecule has 0 aromatic heterocycles. The Morgan fingerprint density at radius 3 is 2.26 bits per heavy atom. The molecule has 0 aliphatic heterocycles. The van der Waals surface area contributed by atoms with Crippen molar-refractivity contribution in [2.75, 3.05) is 5.32 Å². The fourth-order valence-electron chi connectivity index (χ4n) is 2.70. The van der Waals surface area contributed by atoms with Gasteiger partial charge in [-0.05, 0) is 35.7 Å². The molecule has 0 heterocycles. The first-order chi connectivity index (χ1) is 12.9. The zero-order valence-corrected chi connectivity index (χ0v) is 14.1. The second-order valence-electron chi connectivity index (χ2n) is 5.97. The highest BCUT2D eigenvalue weighted by Crippen LogP contribution is 2.31. The van der Waals surface area contributed by atoms with Crippen LogP contribution in [0.2, 0.25) is 0 Å². The average molecular weight is 373 g/mol. The Labute approximate surface area is 153 Å².